The SMILES string of the molecule is CN1CCC(Cc2ccc(Cl)c(Cl)c2)[C@@H]1CN. The van der Waals surface area contributed by atoms with Crippen molar-refractivity contribution in [3.05, 3.63) is 33.8 Å². The number of halogens is 2. The third-order valence-corrected chi connectivity index (χ3v) is 4.43. The van der Waals surface area contributed by atoms with E-state index in [2.05, 4.69) is 18.0 Å². The van der Waals surface area contributed by atoms with Crippen molar-refractivity contribution in [1.29, 1.82) is 0 Å². The minimum Gasteiger partial charge on any atom is -0.329 e. The van der Waals surface area contributed by atoms with Crippen molar-refractivity contribution in [3.8, 4) is 0 Å². The number of rotatable bonds is 3. The van der Waals surface area contributed by atoms with Gasteiger partial charge in [-0.1, -0.05) is 29.3 Å². The molecule has 1 heterocycles. The summed E-state index contributed by atoms with van der Waals surface area (Å²) in [6, 6.07) is 6.38. The fraction of sp³-hybridized carbons (Fsp3) is 0.538. The third kappa shape index (κ3) is 2.94. The van der Waals surface area contributed by atoms with Crippen LogP contribution in [0.15, 0.2) is 18.2 Å². The molecule has 0 radical (unpaired) electrons. The average Bonchev–Trinajstić information content (AvgIpc) is 2.64. The van der Waals surface area contributed by atoms with Crippen LogP contribution in [0.5, 0.6) is 0 Å². The standard InChI is InChI=1S/C13H18Cl2N2/c1-17-5-4-10(13(17)8-16)6-9-2-3-11(14)12(15)7-9/h2-3,7,10,13H,4-6,8,16H2,1H3/t10?,13-/m0/s1. The first kappa shape index (κ1) is 13.2. The van der Waals surface area contributed by atoms with Crippen molar-refractivity contribution < 1.29 is 0 Å². The van der Waals surface area contributed by atoms with Crippen LogP contribution in [0.3, 0.4) is 0 Å². The molecule has 1 unspecified atom stereocenters. The highest BCUT2D eigenvalue weighted by atomic mass is 35.5. The van der Waals surface area contributed by atoms with Crippen LogP contribution in [0.25, 0.3) is 0 Å². The topological polar surface area (TPSA) is 29.3 Å². The molecule has 0 aromatic heterocycles. The molecule has 94 valence electrons. The smallest absolute Gasteiger partial charge is 0.0595 e. The molecule has 1 aromatic carbocycles. The van der Waals surface area contributed by atoms with E-state index in [1.165, 1.54) is 12.0 Å². The minimum atomic E-state index is 0.490. The summed E-state index contributed by atoms with van der Waals surface area (Å²) in [6.07, 6.45) is 2.24. The molecule has 4 heteroatoms. The lowest BCUT2D eigenvalue weighted by molar-refractivity contribution is 0.277. The fourth-order valence-corrected chi connectivity index (χ4v) is 2.99. The Bertz CT molecular complexity index is 395. The van der Waals surface area contributed by atoms with E-state index in [4.69, 9.17) is 28.9 Å². The lowest BCUT2D eigenvalue weighted by atomic mass is 9.92. The van der Waals surface area contributed by atoms with Crippen LogP contribution in [0.1, 0.15) is 12.0 Å². The van der Waals surface area contributed by atoms with Gasteiger partial charge in [0.05, 0.1) is 10.0 Å². The Hall–Kier alpha value is -0.280. The largest absolute Gasteiger partial charge is 0.329 e. The van der Waals surface area contributed by atoms with Gasteiger partial charge in [-0.05, 0) is 50.0 Å². The summed E-state index contributed by atoms with van der Waals surface area (Å²) in [6.45, 7) is 1.86. The molecule has 0 bridgehead atoms. The van der Waals surface area contributed by atoms with Crippen LogP contribution < -0.4 is 5.73 Å². The van der Waals surface area contributed by atoms with E-state index in [-0.39, 0.29) is 0 Å². The number of likely N-dealkylation sites (tertiary alicyclic amines) is 1. The number of hydrogen-bond donors (Lipinski definition) is 1. The highest BCUT2D eigenvalue weighted by molar-refractivity contribution is 6.42. The summed E-state index contributed by atoms with van der Waals surface area (Å²) in [7, 11) is 2.15. The number of nitrogens with two attached hydrogens (primary N) is 1. The highest BCUT2D eigenvalue weighted by Gasteiger charge is 2.30. The van der Waals surface area contributed by atoms with Crippen LogP contribution in [0.4, 0.5) is 0 Å². The zero-order valence-corrected chi connectivity index (χ0v) is 11.5. The van der Waals surface area contributed by atoms with Crippen molar-refractivity contribution in [3.63, 3.8) is 0 Å². The van der Waals surface area contributed by atoms with Crippen LogP contribution in [0, 0.1) is 5.92 Å². The highest BCUT2D eigenvalue weighted by Crippen LogP contribution is 2.28. The summed E-state index contributed by atoms with van der Waals surface area (Å²) < 4.78 is 0. The molecule has 2 rings (SSSR count). The van der Waals surface area contributed by atoms with Crippen LogP contribution in [-0.2, 0) is 6.42 Å². The van der Waals surface area contributed by atoms with E-state index in [9.17, 15) is 0 Å². The molecule has 2 nitrogen and oxygen atoms in total. The lowest BCUT2D eigenvalue weighted by Crippen LogP contribution is -2.37. The maximum atomic E-state index is 6.03. The molecule has 1 saturated heterocycles. The molecule has 2 atom stereocenters. The minimum absolute atomic E-state index is 0.490. The van der Waals surface area contributed by atoms with Crippen molar-refractivity contribution in [2.75, 3.05) is 20.1 Å². The van der Waals surface area contributed by atoms with Gasteiger partial charge in [0.2, 0.25) is 0 Å². The molecule has 0 spiro atoms. The summed E-state index contributed by atoms with van der Waals surface area (Å²) in [4.78, 5) is 2.35. The number of benzene rings is 1. The normalized spacial score (nSPS) is 25.4. The maximum absolute atomic E-state index is 6.03. The Morgan fingerprint density at radius 1 is 1.35 bits per heavy atom. The van der Waals surface area contributed by atoms with Gasteiger partial charge in [0, 0.05) is 12.6 Å². The molecule has 0 amide bonds. The second-order valence-electron chi connectivity index (χ2n) is 4.78. The Morgan fingerprint density at radius 3 is 2.76 bits per heavy atom. The Morgan fingerprint density at radius 2 is 2.12 bits per heavy atom. The van der Waals surface area contributed by atoms with Crippen LogP contribution in [0.2, 0.25) is 10.0 Å². The van der Waals surface area contributed by atoms with Gasteiger partial charge in [-0.3, -0.25) is 0 Å². The quantitative estimate of drug-likeness (QED) is 0.917. The summed E-state index contributed by atoms with van der Waals surface area (Å²) >= 11 is 11.9. The predicted octanol–water partition coefficient (Wildman–Crippen LogP) is 2.81. The zero-order chi connectivity index (χ0) is 12.4. The van der Waals surface area contributed by atoms with Gasteiger partial charge in [0.15, 0.2) is 0 Å². The molecule has 1 aromatic rings. The van der Waals surface area contributed by atoms with E-state index >= 15 is 0 Å². The monoisotopic (exact) mass is 272 g/mol. The van der Waals surface area contributed by atoms with Gasteiger partial charge in [-0.15, -0.1) is 0 Å². The van der Waals surface area contributed by atoms with Crippen LogP contribution in [-0.4, -0.2) is 31.1 Å². The van der Waals surface area contributed by atoms with Gasteiger partial charge >= 0.3 is 0 Å². The average molecular weight is 273 g/mol. The first-order valence-electron chi connectivity index (χ1n) is 5.96. The fourth-order valence-electron chi connectivity index (χ4n) is 2.67. The van der Waals surface area contributed by atoms with E-state index in [1.807, 2.05) is 12.1 Å². The maximum Gasteiger partial charge on any atom is 0.0595 e. The van der Waals surface area contributed by atoms with E-state index in [0.29, 0.717) is 22.0 Å². The van der Waals surface area contributed by atoms with E-state index in [1.54, 1.807) is 0 Å². The van der Waals surface area contributed by atoms with Gasteiger partial charge in [0.25, 0.3) is 0 Å². The summed E-state index contributed by atoms with van der Waals surface area (Å²) in [5.41, 5.74) is 7.08. The molecule has 1 aliphatic rings. The van der Waals surface area contributed by atoms with Crippen LogP contribution >= 0.6 is 23.2 Å². The predicted molar refractivity (Wildman–Crippen MR) is 73.7 cm³/mol. The van der Waals surface area contributed by atoms with Crippen molar-refractivity contribution in [1.82, 2.24) is 4.90 Å². The summed E-state index contributed by atoms with van der Waals surface area (Å²) in [5, 5.41) is 1.26. The van der Waals surface area contributed by atoms with Crippen molar-refractivity contribution in [2.45, 2.75) is 18.9 Å². The number of hydrogen-bond acceptors (Lipinski definition) is 2. The molecule has 0 saturated carbocycles. The van der Waals surface area contributed by atoms with Crippen molar-refractivity contribution in [2.24, 2.45) is 11.7 Å². The van der Waals surface area contributed by atoms with Gasteiger partial charge < -0.3 is 10.6 Å². The molecule has 2 N–H and O–H groups in total. The first-order valence-corrected chi connectivity index (χ1v) is 6.71. The second kappa shape index (κ2) is 5.57. The molecule has 0 aliphatic carbocycles. The van der Waals surface area contributed by atoms with Gasteiger partial charge in [0.1, 0.15) is 0 Å². The van der Waals surface area contributed by atoms with E-state index in [0.717, 1.165) is 19.5 Å². The Labute approximate surface area is 113 Å². The van der Waals surface area contributed by atoms with Gasteiger partial charge in [-0.25, -0.2) is 0 Å². The Kier molecular flexibility index (Phi) is 4.31. The second-order valence-corrected chi connectivity index (χ2v) is 5.60. The first-order chi connectivity index (χ1) is 8.11. The zero-order valence-electron chi connectivity index (χ0n) is 10.00. The molecule has 1 fully saturated rings. The van der Waals surface area contributed by atoms with Crippen molar-refractivity contribution >= 4 is 23.2 Å². The van der Waals surface area contributed by atoms with E-state index < -0.39 is 0 Å². The number of likely N-dealkylation sites (N-methyl/N-ethyl adjacent to an activating group) is 1. The summed E-state index contributed by atoms with van der Waals surface area (Å²) in [5.74, 6) is 0.627. The molecule has 17 heavy (non-hydrogen) atoms. The molecular weight excluding hydrogens is 255 g/mol. The number of nitrogens with zero attached hydrogens (tertiary/aromatic N) is 1. The molecular formula is C13H18Cl2N2. The lowest BCUT2D eigenvalue weighted by Gasteiger charge is -2.23. The third-order valence-electron chi connectivity index (χ3n) is 3.69. The Balaban J connectivity index is 2.07. The van der Waals surface area contributed by atoms with Gasteiger partial charge in [-0.2, -0.15) is 0 Å². The molecule has 1 aliphatic heterocycles.